The summed E-state index contributed by atoms with van der Waals surface area (Å²) in [6, 6.07) is 12.3. The first kappa shape index (κ1) is 18.8. The zero-order chi connectivity index (χ0) is 20.1. The molecule has 2 N–H and O–H groups in total. The fourth-order valence-electron chi connectivity index (χ4n) is 3.49. The Balaban J connectivity index is 1.62. The number of aromatic nitrogens is 3. The van der Waals surface area contributed by atoms with Crippen molar-refractivity contribution >= 4 is 23.1 Å². The van der Waals surface area contributed by atoms with Crippen LogP contribution in [-0.4, -0.2) is 25.9 Å². The van der Waals surface area contributed by atoms with Crippen LogP contribution in [0.25, 0.3) is 11.3 Å². The Labute approximate surface area is 168 Å². The second kappa shape index (κ2) is 8.64. The van der Waals surface area contributed by atoms with Crippen molar-refractivity contribution in [2.45, 2.75) is 38.1 Å². The summed E-state index contributed by atoms with van der Waals surface area (Å²) in [6.45, 7) is 0. The van der Waals surface area contributed by atoms with Crippen molar-refractivity contribution in [3.8, 4) is 11.3 Å². The average molecular weight is 390 g/mol. The van der Waals surface area contributed by atoms with Crippen LogP contribution in [0.1, 0.15) is 32.1 Å². The molecule has 4 rings (SSSR count). The van der Waals surface area contributed by atoms with Crippen LogP contribution in [0.4, 0.5) is 23.1 Å². The highest BCUT2D eigenvalue weighted by atomic mass is 16.6. The monoisotopic (exact) mass is 390 g/mol. The Hall–Kier alpha value is -3.55. The van der Waals surface area contributed by atoms with Gasteiger partial charge in [-0.25, -0.2) is 4.98 Å². The summed E-state index contributed by atoms with van der Waals surface area (Å²) in [7, 11) is 0. The first-order chi connectivity index (χ1) is 14.2. The second-order valence-electron chi connectivity index (χ2n) is 7.11. The van der Waals surface area contributed by atoms with E-state index < -0.39 is 4.92 Å². The standard InChI is InChI=1S/C21H22N6O2/c28-27(29)18-8-6-17(7-9-18)23-20-14-19(15-10-12-22-13-11-15)25-21(26-20)24-16-4-2-1-3-5-16/h6-14,16H,1-5H2,(H2,23,24,25,26). The molecule has 2 heterocycles. The molecular formula is C21H22N6O2. The molecule has 29 heavy (non-hydrogen) atoms. The van der Waals surface area contributed by atoms with Gasteiger partial charge in [-0.3, -0.25) is 15.1 Å². The van der Waals surface area contributed by atoms with Gasteiger partial charge in [0, 0.05) is 47.9 Å². The van der Waals surface area contributed by atoms with E-state index in [1.807, 2.05) is 18.2 Å². The molecule has 0 saturated heterocycles. The summed E-state index contributed by atoms with van der Waals surface area (Å²) in [6.07, 6.45) is 9.42. The molecule has 0 spiro atoms. The Morgan fingerprint density at radius 2 is 1.69 bits per heavy atom. The number of hydrogen-bond donors (Lipinski definition) is 2. The molecule has 0 aliphatic heterocycles. The molecule has 1 aromatic carbocycles. The molecule has 8 heteroatoms. The molecule has 1 aliphatic rings. The van der Waals surface area contributed by atoms with E-state index in [-0.39, 0.29) is 5.69 Å². The maximum Gasteiger partial charge on any atom is 0.269 e. The molecule has 2 aromatic heterocycles. The van der Waals surface area contributed by atoms with E-state index >= 15 is 0 Å². The van der Waals surface area contributed by atoms with Crippen LogP contribution in [-0.2, 0) is 0 Å². The van der Waals surface area contributed by atoms with E-state index in [9.17, 15) is 10.1 Å². The van der Waals surface area contributed by atoms with Crippen molar-refractivity contribution in [2.75, 3.05) is 10.6 Å². The smallest absolute Gasteiger partial charge is 0.269 e. The molecule has 0 amide bonds. The number of non-ortho nitro benzene ring substituents is 1. The fraction of sp³-hybridized carbons (Fsp3) is 0.286. The second-order valence-corrected chi connectivity index (χ2v) is 7.11. The fourth-order valence-corrected chi connectivity index (χ4v) is 3.49. The predicted molar refractivity (Wildman–Crippen MR) is 112 cm³/mol. The van der Waals surface area contributed by atoms with Gasteiger partial charge >= 0.3 is 0 Å². The summed E-state index contributed by atoms with van der Waals surface area (Å²) < 4.78 is 0. The SMILES string of the molecule is O=[N+]([O-])c1ccc(Nc2cc(-c3ccncc3)nc(NC3CCCCC3)n2)cc1. The average Bonchev–Trinajstić information content (AvgIpc) is 2.75. The number of benzene rings is 1. The van der Waals surface area contributed by atoms with Crippen LogP contribution in [0, 0.1) is 10.1 Å². The summed E-state index contributed by atoms with van der Waals surface area (Å²) in [5, 5.41) is 17.6. The largest absolute Gasteiger partial charge is 0.351 e. The Morgan fingerprint density at radius 3 is 2.38 bits per heavy atom. The summed E-state index contributed by atoms with van der Waals surface area (Å²) >= 11 is 0. The first-order valence-electron chi connectivity index (χ1n) is 9.75. The van der Waals surface area contributed by atoms with Crippen LogP contribution in [0.3, 0.4) is 0 Å². The minimum atomic E-state index is -0.414. The van der Waals surface area contributed by atoms with Crippen LogP contribution in [0.5, 0.6) is 0 Å². The Morgan fingerprint density at radius 1 is 0.966 bits per heavy atom. The van der Waals surface area contributed by atoms with Crippen molar-refractivity contribution in [2.24, 2.45) is 0 Å². The lowest BCUT2D eigenvalue weighted by atomic mass is 9.96. The highest BCUT2D eigenvalue weighted by molar-refractivity contribution is 5.67. The quantitative estimate of drug-likeness (QED) is 0.454. The molecule has 1 saturated carbocycles. The van der Waals surface area contributed by atoms with Gasteiger partial charge in [-0.15, -0.1) is 0 Å². The van der Waals surface area contributed by atoms with Crippen molar-refractivity contribution in [1.29, 1.82) is 0 Å². The number of pyridine rings is 1. The predicted octanol–water partition coefficient (Wildman–Crippen LogP) is 4.94. The highest BCUT2D eigenvalue weighted by Crippen LogP contribution is 2.26. The van der Waals surface area contributed by atoms with E-state index in [1.54, 1.807) is 24.5 Å². The molecule has 1 fully saturated rings. The molecule has 148 valence electrons. The van der Waals surface area contributed by atoms with Crippen molar-refractivity contribution in [1.82, 2.24) is 15.0 Å². The van der Waals surface area contributed by atoms with Crippen LogP contribution < -0.4 is 10.6 Å². The maximum atomic E-state index is 10.9. The molecule has 0 unspecified atom stereocenters. The number of nitrogens with zero attached hydrogens (tertiary/aromatic N) is 4. The van der Waals surface area contributed by atoms with Gasteiger partial charge in [-0.05, 0) is 37.1 Å². The molecule has 3 aromatic rings. The number of nitro groups is 1. The molecule has 0 atom stereocenters. The van der Waals surface area contributed by atoms with Crippen molar-refractivity contribution in [3.63, 3.8) is 0 Å². The lowest BCUT2D eigenvalue weighted by Crippen LogP contribution is -2.23. The molecular weight excluding hydrogens is 368 g/mol. The third kappa shape index (κ3) is 4.84. The zero-order valence-electron chi connectivity index (χ0n) is 15.9. The minimum Gasteiger partial charge on any atom is -0.351 e. The maximum absolute atomic E-state index is 10.9. The normalized spacial score (nSPS) is 14.3. The van der Waals surface area contributed by atoms with E-state index in [4.69, 9.17) is 4.98 Å². The van der Waals surface area contributed by atoms with Gasteiger partial charge in [-0.2, -0.15) is 4.98 Å². The minimum absolute atomic E-state index is 0.0513. The van der Waals surface area contributed by atoms with E-state index in [0.717, 1.165) is 29.8 Å². The Kier molecular flexibility index (Phi) is 5.60. The van der Waals surface area contributed by atoms with Crippen molar-refractivity contribution < 1.29 is 4.92 Å². The zero-order valence-corrected chi connectivity index (χ0v) is 15.9. The topological polar surface area (TPSA) is 106 Å². The molecule has 8 nitrogen and oxygen atoms in total. The van der Waals surface area contributed by atoms with Crippen LogP contribution in [0.15, 0.2) is 54.9 Å². The number of rotatable bonds is 6. The summed E-state index contributed by atoms with van der Waals surface area (Å²) in [4.78, 5) is 23.8. The van der Waals surface area contributed by atoms with Crippen molar-refractivity contribution in [3.05, 3.63) is 65.0 Å². The summed E-state index contributed by atoms with van der Waals surface area (Å²) in [5.41, 5.74) is 2.50. The van der Waals surface area contributed by atoms with Gasteiger partial charge in [-0.1, -0.05) is 19.3 Å². The van der Waals surface area contributed by atoms with E-state index in [2.05, 4.69) is 20.6 Å². The van der Waals surface area contributed by atoms with Gasteiger partial charge in [0.25, 0.3) is 5.69 Å². The highest BCUT2D eigenvalue weighted by Gasteiger charge is 2.16. The van der Waals surface area contributed by atoms with Crippen LogP contribution >= 0.6 is 0 Å². The molecule has 0 bridgehead atoms. The number of nitrogens with one attached hydrogen (secondary N) is 2. The van der Waals surface area contributed by atoms with Gasteiger partial charge in [0.05, 0.1) is 10.6 Å². The van der Waals surface area contributed by atoms with Gasteiger partial charge < -0.3 is 10.6 Å². The van der Waals surface area contributed by atoms with E-state index in [1.165, 1.54) is 31.4 Å². The Bertz CT molecular complexity index is 972. The lowest BCUT2D eigenvalue weighted by molar-refractivity contribution is -0.384. The van der Waals surface area contributed by atoms with E-state index in [0.29, 0.717) is 17.8 Å². The first-order valence-corrected chi connectivity index (χ1v) is 9.75. The third-order valence-electron chi connectivity index (χ3n) is 4.99. The number of hydrogen-bond acceptors (Lipinski definition) is 7. The van der Waals surface area contributed by atoms with Crippen LogP contribution in [0.2, 0.25) is 0 Å². The van der Waals surface area contributed by atoms with Gasteiger partial charge in [0.1, 0.15) is 5.82 Å². The molecule has 1 aliphatic carbocycles. The van der Waals surface area contributed by atoms with Gasteiger partial charge in [0.2, 0.25) is 5.95 Å². The molecule has 0 radical (unpaired) electrons. The van der Waals surface area contributed by atoms with Gasteiger partial charge in [0.15, 0.2) is 0 Å². The number of anilines is 3. The third-order valence-corrected chi connectivity index (χ3v) is 4.99. The lowest BCUT2D eigenvalue weighted by Gasteiger charge is -2.23. The summed E-state index contributed by atoms with van der Waals surface area (Å²) in [5.74, 6) is 1.20. The number of nitro benzene ring substituents is 1.